The van der Waals surface area contributed by atoms with Crippen molar-refractivity contribution in [1.82, 2.24) is 4.90 Å². The molecule has 0 aromatic heterocycles. The third-order valence-corrected chi connectivity index (χ3v) is 4.35. The average Bonchev–Trinajstić information content (AvgIpc) is 2.61. The van der Waals surface area contributed by atoms with Crippen molar-refractivity contribution < 1.29 is 4.79 Å². The van der Waals surface area contributed by atoms with Crippen LogP contribution in [-0.2, 0) is 5.54 Å². The number of nitrogens with zero attached hydrogens (tertiary/aromatic N) is 2. The fourth-order valence-electron chi connectivity index (χ4n) is 3.35. The van der Waals surface area contributed by atoms with Crippen LogP contribution in [0.4, 0.5) is 0 Å². The van der Waals surface area contributed by atoms with Crippen molar-refractivity contribution in [2.24, 2.45) is 5.92 Å². The Morgan fingerprint density at radius 2 is 1.79 bits per heavy atom. The highest BCUT2D eigenvalue weighted by molar-refractivity contribution is 5.96. The van der Waals surface area contributed by atoms with Crippen molar-refractivity contribution in [2.75, 3.05) is 0 Å². The molecule has 0 spiro atoms. The van der Waals surface area contributed by atoms with Gasteiger partial charge in [-0.05, 0) is 41.7 Å². The second-order valence-corrected chi connectivity index (χ2v) is 6.51. The number of fused-ring (bicyclic) bond motifs is 1. The summed E-state index contributed by atoms with van der Waals surface area (Å²) in [7, 11) is 0. The van der Waals surface area contributed by atoms with Crippen molar-refractivity contribution >= 4 is 12.0 Å². The Balaban J connectivity index is 2.15. The van der Waals surface area contributed by atoms with E-state index in [-0.39, 0.29) is 11.8 Å². The number of amides is 1. The Labute approximate surface area is 142 Å². The molecule has 1 unspecified atom stereocenters. The van der Waals surface area contributed by atoms with Crippen LogP contribution in [0.15, 0.2) is 60.8 Å². The molecule has 0 radical (unpaired) electrons. The third kappa shape index (κ3) is 2.61. The summed E-state index contributed by atoms with van der Waals surface area (Å²) in [6, 6.07) is 19.4. The van der Waals surface area contributed by atoms with E-state index in [9.17, 15) is 10.1 Å². The summed E-state index contributed by atoms with van der Waals surface area (Å²) in [5, 5.41) is 10.1. The Morgan fingerprint density at radius 3 is 2.46 bits per heavy atom. The molecule has 1 aliphatic rings. The number of nitriles is 1. The summed E-state index contributed by atoms with van der Waals surface area (Å²) >= 11 is 0. The van der Waals surface area contributed by atoms with Gasteiger partial charge in [-0.1, -0.05) is 56.3 Å². The van der Waals surface area contributed by atoms with Gasteiger partial charge in [-0.25, -0.2) is 0 Å². The summed E-state index contributed by atoms with van der Waals surface area (Å²) < 4.78 is 0. The molecule has 0 aliphatic carbocycles. The van der Waals surface area contributed by atoms with Crippen LogP contribution in [0.25, 0.3) is 6.08 Å². The maximum atomic E-state index is 13.1. The molecule has 24 heavy (non-hydrogen) atoms. The zero-order chi connectivity index (χ0) is 17.2. The molecule has 1 aliphatic heterocycles. The minimum Gasteiger partial charge on any atom is -0.292 e. The van der Waals surface area contributed by atoms with E-state index in [1.54, 1.807) is 23.2 Å². The summed E-state index contributed by atoms with van der Waals surface area (Å²) in [5.41, 5.74) is 1.50. The number of rotatable bonds is 3. The quantitative estimate of drug-likeness (QED) is 0.832. The lowest BCUT2D eigenvalue weighted by Gasteiger charge is -2.41. The van der Waals surface area contributed by atoms with Gasteiger partial charge in [-0.3, -0.25) is 9.69 Å². The van der Waals surface area contributed by atoms with E-state index in [1.165, 1.54) is 0 Å². The molecule has 3 nitrogen and oxygen atoms in total. The lowest BCUT2D eigenvalue weighted by atomic mass is 9.78. The van der Waals surface area contributed by atoms with Crippen LogP contribution < -0.4 is 0 Å². The zero-order valence-electron chi connectivity index (χ0n) is 13.9. The van der Waals surface area contributed by atoms with Crippen LogP contribution in [0.2, 0.25) is 0 Å². The van der Waals surface area contributed by atoms with Gasteiger partial charge in [0.15, 0.2) is 5.54 Å². The first kappa shape index (κ1) is 16.0. The molecule has 2 aromatic rings. The molecule has 120 valence electrons. The van der Waals surface area contributed by atoms with Crippen molar-refractivity contribution in [3.05, 3.63) is 77.5 Å². The number of carbonyl (C=O) groups excluding carboxylic acids is 1. The molecule has 2 aromatic carbocycles. The lowest BCUT2D eigenvalue weighted by molar-refractivity contribution is 0.0667. The van der Waals surface area contributed by atoms with Gasteiger partial charge < -0.3 is 0 Å². The first-order valence-corrected chi connectivity index (χ1v) is 8.16. The van der Waals surface area contributed by atoms with Crippen molar-refractivity contribution in [3.63, 3.8) is 0 Å². The van der Waals surface area contributed by atoms with E-state index in [1.807, 2.05) is 48.5 Å². The van der Waals surface area contributed by atoms with Crippen LogP contribution in [0.1, 0.15) is 41.8 Å². The topological polar surface area (TPSA) is 44.1 Å². The van der Waals surface area contributed by atoms with Gasteiger partial charge in [0, 0.05) is 11.8 Å². The van der Waals surface area contributed by atoms with E-state index >= 15 is 0 Å². The standard InChI is InChI=1S/C21H20N2O/c1-16(2)14-21(15-22)19-11-7-6-8-17(19)12-13-23(21)20(24)18-9-4-3-5-10-18/h3-13,16H,14H2,1-2H3. The second kappa shape index (κ2) is 6.33. The normalized spacial score (nSPS) is 19.0. The average molecular weight is 316 g/mol. The molecule has 0 N–H and O–H groups in total. The number of carbonyl (C=O) groups is 1. The van der Waals surface area contributed by atoms with Crippen molar-refractivity contribution in [2.45, 2.75) is 25.8 Å². The fourth-order valence-corrected chi connectivity index (χ4v) is 3.35. The van der Waals surface area contributed by atoms with Crippen LogP contribution in [-0.4, -0.2) is 10.8 Å². The highest BCUT2D eigenvalue weighted by Gasteiger charge is 2.44. The van der Waals surface area contributed by atoms with Crippen molar-refractivity contribution in [3.8, 4) is 6.07 Å². The van der Waals surface area contributed by atoms with Gasteiger partial charge in [-0.2, -0.15) is 5.26 Å². The molecular weight excluding hydrogens is 296 g/mol. The largest absolute Gasteiger partial charge is 0.292 e. The van der Waals surface area contributed by atoms with Crippen LogP contribution in [0, 0.1) is 17.2 Å². The van der Waals surface area contributed by atoms with Gasteiger partial charge in [0.25, 0.3) is 5.91 Å². The smallest absolute Gasteiger partial charge is 0.259 e. The third-order valence-electron chi connectivity index (χ3n) is 4.35. The second-order valence-electron chi connectivity index (χ2n) is 6.51. The van der Waals surface area contributed by atoms with E-state index in [2.05, 4.69) is 19.9 Å². The first-order valence-electron chi connectivity index (χ1n) is 8.16. The molecule has 3 rings (SSSR count). The molecule has 1 heterocycles. The highest BCUT2D eigenvalue weighted by atomic mass is 16.2. The van der Waals surface area contributed by atoms with E-state index in [0.29, 0.717) is 12.0 Å². The number of benzene rings is 2. The molecule has 0 fully saturated rings. The summed E-state index contributed by atoms with van der Waals surface area (Å²) in [5.74, 6) is 0.124. The van der Waals surface area contributed by atoms with E-state index in [4.69, 9.17) is 0 Å². The van der Waals surface area contributed by atoms with Gasteiger partial charge in [0.1, 0.15) is 0 Å². The van der Waals surface area contributed by atoms with Crippen LogP contribution in [0.3, 0.4) is 0 Å². The monoisotopic (exact) mass is 316 g/mol. The Bertz CT molecular complexity index is 817. The van der Waals surface area contributed by atoms with Gasteiger partial charge in [-0.15, -0.1) is 0 Å². The van der Waals surface area contributed by atoms with E-state index < -0.39 is 5.54 Å². The van der Waals surface area contributed by atoms with Gasteiger partial charge >= 0.3 is 0 Å². The molecule has 1 amide bonds. The summed E-state index contributed by atoms with van der Waals surface area (Å²) in [4.78, 5) is 14.7. The van der Waals surface area contributed by atoms with Crippen molar-refractivity contribution in [1.29, 1.82) is 5.26 Å². The fraction of sp³-hybridized carbons (Fsp3) is 0.238. The Kier molecular flexibility index (Phi) is 4.22. The molecule has 0 saturated carbocycles. The maximum absolute atomic E-state index is 13.1. The minimum atomic E-state index is -0.980. The maximum Gasteiger partial charge on any atom is 0.259 e. The number of hydrogen-bond donors (Lipinski definition) is 0. The van der Waals surface area contributed by atoms with E-state index in [0.717, 1.165) is 11.1 Å². The highest BCUT2D eigenvalue weighted by Crippen LogP contribution is 2.41. The molecular formula is C21H20N2O. The predicted octanol–water partition coefficient (Wildman–Crippen LogP) is 4.58. The zero-order valence-corrected chi connectivity index (χ0v) is 13.9. The minimum absolute atomic E-state index is 0.149. The lowest BCUT2D eigenvalue weighted by Crippen LogP contribution is -2.48. The molecule has 3 heteroatoms. The van der Waals surface area contributed by atoms with Crippen LogP contribution in [0.5, 0.6) is 0 Å². The van der Waals surface area contributed by atoms with Gasteiger partial charge in [0.05, 0.1) is 6.07 Å². The summed E-state index contributed by atoms with van der Waals surface area (Å²) in [6.45, 7) is 4.15. The molecule has 0 saturated heterocycles. The summed E-state index contributed by atoms with van der Waals surface area (Å²) in [6.07, 6.45) is 4.25. The SMILES string of the molecule is CC(C)CC1(C#N)c2ccccc2C=CN1C(=O)c1ccccc1. The Hall–Kier alpha value is -2.86. The number of hydrogen-bond acceptors (Lipinski definition) is 2. The Morgan fingerprint density at radius 1 is 1.12 bits per heavy atom. The van der Waals surface area contributed by atoms with Crippen LogP contribution >= 0.6 is 0 Å². The molecule has 1 atom stereocenters. The first-order chi connectivity index (χ1) is 11.6. The predicted molar refractivity (Wildman–Crippen MR) is 94.8 cm³/mol. The molecule has 0 bridgehead atoms. The van der Waals surface area contributed by atoms with Gasteiger partial charge in [0.2, 0.25) is 0 Å².